The fourth-order valence-electron chi connectivity index (χ4n) is 7.66. The van der Waals surface area contributed by atoms with Gasteiger partial charge < -0.3 is 14.4 Å². The number of hydrogen-bond donors (Lipinski definition) is 0. The van der Waals surface area contributed by atoms with Gasteiger partial charge in [0.15, 0.2) is 0 Å². The number of anilines is 1. The number of hydrogen-bond acceptors (Lipinski definition) is 4. The Morgan fingerprint density at radius 3 is 3.15 bits per heavy atom. The average Bonchev–Trinajstić information content (AvgIpc) is 3.15. The summed E-state index contributed by atoms with van der Waals surface area (Å²) in [6, 6.07) is 7.13. The van der Waals surface area contributed by atoms with Gasteiger partial charge in [-0.15, -0.1) is 0 Å². The van der Waals surface area contributed by atoms with E-state index in [1.807, 2.05) is 6.07 Å². The SMILES string of the molecule is COc1ccc2c(c1)[C@]13CCN4CC5=CCO[C@H]6CC(=O)N2[C@H]1[C@H]6[C@H]5C[C@@H]43. The highest BCUT2D eigenvalue weighted by Crippen LogP contribution is 2.65. The fourth-order valence-corrected chi connectivity index (χ4v) is 7.66. The van der Waals surface area contributed by atoms with Crippen LogP contribution in [0.1, 0.15) is 24.8 Å². The highest BCUT2D eigenvalue weighted by molar-refractivity contribution is 5.99. The molecule has 0 radical (unpaired) electrons. The van der Waals surface area contributed by atoms with Gasteiger partial charge in [-0.25, -0.2) is 0 Å². The number of ether oxygens (including phenoxy) is 2. The van der Waals surface area contributed by atoms with Crippen LogP contribution in [0, 0.1) is 11.8 Å². The van der Waals surface area contributed by atoms with Crippen LogP contribution in [0.4, 0.5) is 5.69 Å². The van der Waals surface area contributed by atoms with E-state index in [1.54, 1.807) is 12.7 Å². The van der Waals surface area contributed by atoms with E-state index in [1.165, 1.54) is 12.0 Å². The first kappa shape index (κ1) is 15.1. The minimum absolute atomic E-state index is 0.0403. The van der Waals surface area contributed by atoms with Crippen LogP contribution in [-0.4, -0.2) is 55.8 Å². The largest absolute Gasteiger partial charge is 0.497 e. The van der Waals surface area contributed by atoms with Crippen molar-refractivity contribution >= 4 is 11.6 Å². The molecule has 0 N–H and O–H groups in total. The highest BCUT2D eigenvalue weighted by Gasteiger charge is 2.71. The smallest absolute Gasteiger partial charge is 0.229 e. The molecule has 1 aromatic rings. The molecule has 5 heterocycles. The summed E-state index contributed by atoms with van der Waals surface area (Å²) in [7, 11) is 1.73. The molecule has 7 rings (SSSR count). The summed E-state index contributed by atoms with van der Waals surface area (Å²) in [6.45, 7) is 2.88. The maximum Gasteiger partial charge on any atom is 0.229 e. The topological polar surface area (TPSA) is 42.0 Å². The van der Waals surface area contributed by atoms with Crippen molar-refractivity contribution in [2.45, 2.75) is 42.9 Å². The Morgan fingerprint density at radius 1 is 1.33 bits per heavy atom. The van der Waals surface area contributed by atoms with Crippen LogP contribution in [0.3, 0.4) is 0 Å². The number of carbonyl (C=O) groups is 1. The van der Waals surface area contributed by atoms with Crippen molar-refractivity contribution in [1.82, 2.24) is 4.90 Å². The Labute approximate surface area is 158 Å². The zero-order valence-electron chi connectivity index (χ0n) is 15.6. The van der Waals surface area contributed by atoms with E-state index in [2.05, 4.69) is 28.0 Å². The third-order valence-electron chi connectivity index (χ3n) is 8.52. The lowest BCUT2D eigenvalue weighted by molar-refractivity contribution is -0.132. The quantitative estimate of drug-likeness (QED) is 0.716. The molecule has 6 atom stereocenters. The Balaban J connectivity index is 1.53. The van der Waals surface area contributed by atoms with Crippen molar-refractivity contribution in [3.8, 4) is 5.75 Å². The summed E-state index contributed by atoms with van der Waals surface area (Å²) in [4.78, 5) is 18.2. The molecule has 1 spiro atoms. The van der Waals surface area contributed by atoms with Crippen LogP contribution in [-0.2, 0) is 14.9 Å². The van der Waals surface area contributed by atoms with Crippen molar-refractivity contribution in [3.05, 3.63) is 35.4 Å². The van der Waals surface area contributed by atoms with E-state index >= 15 is 0 Å². The molecule has 1 amide bonds. The van der Waals surface area contributed by atoms with Crippen molar-refractivity contribution in [2.75, 3.05) is 31.7 Å². The second kappa shape index (κ2) is 4.76. The lowest BCUT2D eigenvalue weighted by Crippen LogP contribution is -2.69. The zero-order valence-corrected chi connectivity index (χ0v) is 15.6. The Morgan fingerprint density at radius 2 is 2.26 bits per heavy atom. The highest BCUT2D eigenvalue weighted by atomic mass is 16.5. The normalized spacial score (nSPS) is 43.3. The molecule has 0 aromatic heterocycles. The molecule has 2 bridgehead atoms. The minimum Gasteiger partial charge on any atom is -0.497 e. The van der Waals surface area contributed by atoms with Crippen LogP contribution < -0.4 is 9.64 Å². The monoisotopic (exact) mass is 364 g/mol. The first-order valence-corrected chi connectivity index (χ1v) is 10.3. The first-order chi connectivity index (χ1) is 13.2. The lowest BCUT2D eigenvalue weighted by atomic mass is 9.53. The first-order valence-electron chi connectivity index (χ1n) is 10.3. The van der Waals surface area contributed by atoms with E-state index < -0.39 is 0 Å². The Bertz CT molecular complexity index is 911. The summed E-state index contributed by atoms with van der Waals surface area (Å²) < 4.78 is 11.9. The molecule has 0 unspecified atom stereocenters. The molecule has 3 saturated heterocycles. The van der Waals surface area contributed by atoms with Gasteiger partial charge in [0.25, 0.3) is 0 Å². The van der Waals surface area contributed by atoms with Crippen LogP contribution in [0.15, 0.2) is 29.8 Å². The fraction of sp³-hybridized carbons (Fsp3) is 0.591. The Kier molecular flexibility index (Phi) is 2.66. The van der Waals surface area contributed by atoms with E-state index in [-0.39, 0.29) is 23.5 Å². The summed E-state index contributed by atoms with van der Waals surface area (Å²) in [5.41, 5.74) is 4.09. The second-order valence-corrected chi connectivity index (χ2v) is 9.14. The number of rotatable bonds is 1. The van der Waals surface area contributed by atoms with E-state index in [4.69, 9.17) is 9.47 Å². The van der Waals surface area contributed by atoms with Gasteiger partial charge in [0.05, 0.1) is 32.3 Å². The lowest BCUT2D eigenvalue weighted by Gasteiger charge is -2.58. The number of piperidine rings is 2. The maximum atomic E-state index is 13.3. The second-order valence-electron chi connectivity index (χ2n) is 9.14. The standard InChI is InChI=1S/C22H24N2O3/c1-26-13-2-3-16-15(8-13)22-5-6-23-11-12-4-7-27-17-10-19(25)24(16)21(22)20(17)14(12)9-18(22)23/h2-4,8,14,17-18,20-21H,5-7,9-11H2,1H3/t14-,17-,18+,20-,21-,22-/m0/s1. The van der Waals surface area contributed by atoms with Crippen molar-refractivity contribution in [3.63, 3.8) is 0 Å². The molecule has 5 aliphatic heterocycles. The molecule has 5 heteroatoms. The molecule has 140 valence electrons. The van der Waals surface area contributed by atoms with E-state index in [0.717, 1.165) is 30.9 Å². The minimum atomic E-state index is 0.0403. The summed E-state index contributed by atoms with van der Waals surface area (Å²) in [5, 5.41) is 0. The number of fused-ring (bicyclic) bond motifs is 2. The molecule has 1 saturated carbocycles. The number of carbonyl (C=O) groups excluding carboxylic acids is 1. The average molecular weight is 364 g/mol. The third kappa shape index (κ3) is 1.56. The van der Waals surface area contributed by atoms with Crippen LogP contribution >= 0.6 is 0 Å². The van der Waals surface area contributed by atoms with Crippen LogP contribution in [0.5, 0.6) is 5.75 Å². The number of amides is 1. The number of methoxy groups -OCH3 is 1. The molecule has 1 aliphatic carbocycles. The predicted molar refractivity (Wildman–Crippen MR) is 100.0 cm³/mol. The summed E-state index contributed by atoms with van der Waals surface area (Å²) in [5.74, 6) is 2.14. The Hall–Kier alpha value is -1.85. The molecular formula is C22H24N2O3. The van der Waals surface area contributed by atoms with Gasteiger partial charge in [-0.1, -0.05) is 11.6 Å². The van der Waals surface area contributed by atoms with Gasteiger partial charge in [0, 0.05) is 29.6 Å². The summed E-state index contributed by atoms with van der Waals surface area (Å²) >= 11 is 0. The summed E-state index contributed by atoms with van der Waals surface area (Å²) in [6.07, 6.45) is 5.26. The molecule has 6 aliphatic rings. The van der Waals surface area contributed by atoms with Crippen LogP contribution in [0.2, 0.25) is 0 Å². The predicted octanol–water partition coefficient (Wildman–Crippen LogP) is 2.10. The third-order valence-corrected chi connectivity index (χ3v) is 8.52. The van der Waals surface area contributed by atoms with Gasteiger partial charge >= 0.3 is 0 Å². The van der Waals surface area contributed by atoms with Gasteiger partial charge in [0.2, 0.25) is 5.91 Å². The van der Waals surface area contributed by atoms with E-state index in [9.17, 15) is 4.79 Å². The van der Waals surface area contributed by atoms with Gasteiger partial charge in [0.1, 0.15) is 5.75 Å². The van der Waals surface area contributed by atoms with E-state index in [0.29, 0.717) is 30.9 Å². The van der Waals surface area contributed by atoms with Gasteiger partial charge in [-0.3, -0.25) is 9.69 Å². The van der Waals surface area contributed by atoms with Gasteiger partial charge in [-0.2, -0.15) is 0 Å². The molecule has 27 heavy (non-hydrogen) atoms. The van der Waals surface area contributed by atoms with Gasteiger partial charge in [-0.05, 0) is 49.1 Å². The zero-order chi connectivity index (χ0) is 17.9. The van der Waals surface area contributed by atoms with Crippen molar-refractivity contribution < 1.29 is 14.3 Å². The number of nitrogens with zero attached hydrogens (tertiary/aromatic N) is 2. The molecule has 5 nitrogen and oxygen atoms in total. The van der Waals surface area contributed by atoms with Crippen LogP contribution in [0.25, 0.3) is 0 Å². The molecule has 4 fully saturated rings. The number of benzene rings is 1. The maximum absolute atomic E-state index is 13.3. The van der Waals surface area contributed by atoms with Crippen molar-refractivity contribution in [2.24, 2.45) is 11.8 Å². The van der Waals surface area contributed by atoms with Crippen molar-refractivity contribution in [1.29, 1.82) is 0 Å². The molecular weight excluding hydrogens is 340 g/mol. The molecule has 1 aromatic carbocycles.